The molecule has 4 heteroatoms. The van der Waals surface area contributed by atoms with E-state index in [0.717, 1.165) is 18.4 Å². The summed E-state index contributed by atoms with van der Waals surface area (Å²) in [5.74, 6) is 0. The van der Waals surface area contributed by atoms with Crippen LogP contribution in [-0.2, 0) is 30.6 Å². The highest BCUT2D eigenvalue weighted by molar-refractivity contribution is 8.30. The van der Waals surface area contributed by atoms with Crippen LogP contribution < -0.4 is 0 Å². The summed E-state index contributed by atoms with van der Waals surface area (Å²) in [7, 11) is -2.80. The molecule has 20 heavy (non-hydrogen) atoms. The minimum atomic E-state index is -2.80. The highest BCUT2D eigenvalue weighted by Gasteiger charge is 2.10. The van der Waals surface area contributed by atoms with Crippen molar-refractivity contribution in [2.75, 3.05) is 6.61 Å². The molecule has 2 aromatic rings. The van der Waals surface area contributed by atoms with Crippen molar-refractivity contribution in [1.82, 2.24) is 0 Å². The number of aryl methyl sites for hydroxylation is 2. The molecule has 0 aliphatic carbocycles. The summed E-state index contributed by atoms with van der Waals surface area (Å²) >= 11 is 5.09. The Bertz CT molecular complexity index is 632. The van der Waals surface area contributed by atoms with Crippen molar-refractivity contribution in [2.45, 2.75) is 24.7 Å². The average molecular weight is 306 g/mol. The fourth-order valence-electron chi connectivity index (χ4n) is 1.86. The molecule has 0 radical (unpaired) electrons. The summed E-state index contributed by atoms with van der Waals surface area (Å²) < 4.78 is 17.7. The van der Waals surface area contributed by atoms with Gasteiger partial charge in [-0.2, -0.15) is 0 Å². The molecule has 1 unspecified atom stereocenters. The lowest BCUT2D eigenvalue weighted by molar-refractivity contribution is 0.338. The van der Waals surface area contributed by atoms with E-state index in [9.17, 15) is 4.21 Å². The third-order valence-corrected chi connectivity index (χ3v) is 5.19. The van der Waals surface area contributed by atoms with E-state index in [-0.39, 0.29) is 0 Å². The second-order valence-electron chi connectivity index (χ2n) is 4.68. The van der Waals surface area contributed by atoms with Crippen molar-refractivity contribution >= 4 is 20.0 Å². The van der Waals surface area contributed by atoms with Crippen LogP contribution in [0.5, 0.6) is 0 Å². The molecular weight excluding hydrogens is 288 g/mol. The Morgan fingerprint density at radius 1 is 1.05 bits per heavy atom. The second-order valence-corrected chi connectivity index (χ2v) is 7.61. The molecule has 0 saturated heterocycles. The van der Waals surface area contributed by atoms with Gasteiger partial charge in [-0.05, 0) is 37.5 Å². The van der Waals surface area contributed by atoms with Crippen LogP contribution in [0.25, 0.3) is 0 Å². The van der Waals surface area contributed by atoms with Gasteiger partial charge in [-0.15, -0.1) is 0 Å². The molecule has 0 aliphatic rings. The molecule has 106 valence electrons. The zero-order chi connectivity index (χ0) is 14.4. The maximum absolute atomic E-state index is 12.3. The monoisotopic (exact) mass is 306 g/mol. The van der Waals surface area contributed by atoms with E-state index >= 15 is 0 Å². The molecule has 0 aliphatic heterocycles. The fourth-order valence-corrected chi connectivity index (χ4v) is 3.34. The van der Waals surface area contributed by atoms with Crippen LogP contribution >= 0.6 is 0 Å². The van der Waals surface area contributed by atoms with Gasteiger partial charge in [-0.25, -0.2) is 4.21 Å². The van der Waals surface area contributed by atoms with Gasteiger partial charge in [0.1, 0.15) is 0 Å². The second kappa shape index (κ2) is 6.97. The molecule has 0 bridgehead atoms. The topological polar surface area (TPSA) is 26.3 Å². The molecule has 0 amide bonds. The lowest BCUT2D eigenvalue weighted by Crippen LogP contribution is -2.07. The predicted octanol–water partition coefficient (Wildman–Crippen LogP) is 3.66. The fraction of sp³-hybridized carbons (Fsp3) is 0.250. The van der Waals surface area contributed by atoms with Gasteiger partial charge in [0.2, 0.25) is 0 Å². The summed E-state index contributed by atoms with van der Waals surface area (Å²) in [4.78, 5) is 0.581. The molecule has 0 fully saturated rings. The van der Waals surface area contributed by atoms with Crippen LogP contribution in [0.3, 0.4) is 0 Å². The molecule has 0 saturated carbocycles. The first-order valence-corrected chi connectivity index (χ1v) is 8.99. The van der Waals surface area contributed by atoms with E-state index < -0.39 is 8.77 Å². The standard InChI is InChI=1S/C16H18O2S2/c1-14-9-11-16(12-10-14)20(17,19)18-13-5-8-15-6-3-2-4-7-15/h2-4,6-7,9-12H,5,8,13H2,1H3. The average Bonchev–Trinajstić information content (AvgIpc) is 2.45. The first kappa shape index (κ1) is 15.2. The van der Waals surface area contributed by atoms with E-state index in [0.29, 0.717) is 11.5 Å². The minimum Gasteiger partial charge on any atom is -0.286 e. The molecule has 0 aromatic heterocycles. The van der Waals surface area contributed by atoms with Crippen molar-refractivity contribution in [3.05, 3.63) is 65.7 Å². The molecule has 0 heterocycles. The predicted molar refractivity (Wildman–Crippen MR) is 85.7 cm³/mol. The van der Waals surface area contributed by atoms with Crippen LogP contribution in [0.2, 0.25) is 0 Å². The highest BCUT2D eigenvalue weighted by atomic mass is 32.8. The maximum Gasteiger partial charge on any atom is 0.173 e. The summed E-state index contributed by atoms with van der Waals surface area (Å²) in [5, 5.41) is 0. The van der Waals surface area contributed by atoms with Crippen molar-refractivity contribution in [2.24, 2.45) is 0 Å². The van der Waals surface area contributed by atoms with Gasteiger partial charge >= 0.3 is 0 Å². The minimum absolute atomic E-state index is 0.408. The van der Waals surface area contributed by atoms with E-state index in [2.05, 4.69) is 12.1 Å². The van der Waals surface area contributed by atoms with Crippen LogP contribution in [0, 0.1) is 6.92 Å². The normalized spacial score (nSPS) is 13.8. The van der Waals surface area contributed by atoms with Crippen molar-refractivity contribution in [1.29, 1.82) is 0 Å². The Balaban J connectivity index is 1.85. The van der Waals surface area contributed by atoms with Gasteiger partial charge in [0.25, 0.3) is 0 Å². The first-order valence-electron chi connectivity index (χ1n) is 6.58. The lowest BCUT2D eigenvalue weighted by Gasteiger charge is -2.08. The SMILES string of the molecule is Cc1ccc(S(=O)(=S)OCCCc2ccccc2)cc1. The third kappa shape index (κ3) is 4.40. The van der Waals surface area contributed by atoms with Crippen LogP contribution in [-0.4, -0.2) is 10.8 Å². The van der Waals surface area contributed by atoms with E-state index in [4.69, 9.17) is 15.4 Å². The van der Waals surface area contributed by atoms with Crippen LogP contribution in [0.15, 0.2) is 59.5 Å². The number of hydrogen-bond donors (Lipinski definition) is 0. The quantitative estimate of drug-likeness (QED) is 0.762. The molecule has 2 nitrogen and oxygen atoms in total. The summed E-state index contributed by atoms with van der Waals surface area (Å²) in [6.45, 7) is 2.39. The zero-order valence-corrected chi connectivity index (χ0v) is 13.1. The summed E-state index contributed by atoms with van der Waals surface area (Å²) in [5.41, 5.74) is 2.37. The lowest BCUT2D eigenvalue weighted by atomic mass is 10.1. The number of rotatable bonds is 6. The van der Waals surface area contributed by atoms with Crippen molar-refractivity contribution < 1.29 is 8.39 Å². The zero-order valence-electron chi connectivity index (χ0n) is 11.5. The summed E-state index contributed by atoms with van der Waals surface area (Å²) in [6.07, 6.45) is 1.71. The third-order valence-electron chi connectivity index (χ3n) is 3.00. The van der Waals surface area contributed by atoms with Gasteiger partial charge in [-0.1, -0.05) is 48.0 Å². The largest absolute Gasteiger partial charge is 0.286 e. The highest BCUT2D eigenvalue weighted by Crippen LogP contribution is 2.14. The molecule has 1 atom stereocenters. The van der Waals surface area contributed by atoms with Gasteiger partial charge < -0.3 is 0 Å². The van der Waals surface area contributed by atoms with Crippen LogP contribution in [0.4, 0.5) is 0 Å². The Morgan fingerprint density at radius 3 is 2.35 bits per heavy atom. The smallest absolute Gasteiger partial charge is 0.173 e. The number of hydrogen-bond acceptors (Lipinski definition) is 3. The number of benzene rings is 2. The van der Waals surface area contributed by atoms with Crippen LogP contribution in [0.1, 0.15) is 17.5 Å². The van der Waals surface area contributed by atoms with Gasteiger partial charge in [0.05, 0.1) is 11.5 Å². The molecule has 0 spiro atoms. The van der Waals surface area contributed by atoms with Crippen molar-refractivity contribution in [3.8, 4) is 0 Å². The molecular formula is C16H18O2S2. The van der Waals surface area contributed by atoms with Crippen molar-refractivity contribution in [3.63, 3.8) is 0 Å². The summed E-state index contributed by atoms with van der Waals surface area (Å²) in [6, 6.07) is 17.5. The first-order chi connectivity index (χ1) is 9.58. The molecule has 2 rings (SSSR count). The Morgan fingerprint density at radius 2 is 1.70 bits per heavy atom. The van der Waals surface area contributed by atoms with Gasteiger partial charge in [0.15, 0.2) is 8.77 Å². The van der Waals surface area contributed by atoms with E-state index in [1.54, 1.807) is 12.1 Å². The van der Waals surface area contributed by atoms with E-state index in [1.807, 2.05) is 37.3 Å². The Labute approximate surface area is 125 Å². The van der Waals surface area contributed by atoms with Gasteiger partial charge in [0, 0.05) is 11.2 Å². The molecule has 0 N–H and O–H groups in total. The Hall–Kier alpha value is -1.23. The molecule has 2 aromatic carbocycles. The Kier molecular flexibility index (Phi) is 5.29. The van der Waals surface area contributed by atoms with Gasteiger partial charge in [-0.3, -0.25) is 4.18 Å². The van der Waals surface area contributed by atoms with E-state index in [1.165, 1.54) is 5.56 Å². The maximum atomic E-state index is 12.3.